The number of hydrogen-bond acceptors (Lipinski definition) is 4. The van der Waals surface area contributed by atoms with Crippen LogP contribution in [0.15, 0.2) is 36.9 Å². The van der Waals surface area contributed by atoms with Gasteiger partial charge in [0, 0.05) is 5.56 Å². The standard InChI is InChI=1S/C25H41O4P/c1-4-7-9-11-13-17-21-28-30(27,29-22-18-14-12-10-8-5-2)25-20-16-15-19-23(25)24(26)6-3/h6,15-16,19-20H,3-5,7-14,17-18,21-22H2,1-2H3. The van der Waals surface area contributed by atoms with E-state index in [0.29, 0.717) is 24.1 Å². The quantitative estimate of drug-likeness (QED) is 0.0968. The topological polar surface area (TPSA) is 52.6 Å². The third-order valence-corrected chi connectivity index (χ3v) is 7.19. The summed E-state index contributed by atoms with van der Waals surface area (Å²) in [5.41, 5.74) is 0.349. The van der Waals surface area contributed by atoms with Gasteiger partial charge in [0.1, 0.15) is 0 Å². The molecule has 0 saturated carbocycles. The van der Waals surface area contributed by atoms with Crippen LogP contribution in [-0.2, 0) is 13.6 Å². The molecule has 0 aromatic heterocycles. The number of benzene rings is 1. The molecule has 0 unspecified atom stereocenters. The fourth-order valence-corrected chi connectivity index (χ4v) is 5.18. The molecule has 1 aromatic carbocycles. The molecule has 30 heavy (non-hydrogen) atoms. The molecule has 0 atom stereocenters. The van der Waals surface area contributed by atoms with Gasteiger partial charge in [-0.15, -0.1) is 0 Å². The highest BCUT2D eigenvalue weighted by molar-refractivity contribution is 7.62. The van der Waals surface area contributed by atoms with E-state index in [2.05, 4.69) is 20.4 Å². The zero-order valence-corrected chi connectivity index (χ0v) is 20.0. The molecule has 0 N–H and O–H groups in total. The van der Waals surface area contributed by atoms with E-state index in [4.69, 9.17) is 9.05 Å². The van der Waals surface area contributed by atoms with E-state index in [9.17, 15) is 9.36 Å². The minimum Gasteiger partial charge on any atom is -0.305 e. The van der Waals surface area contributed by atoms with E-state index >= 15 is 0 Å². The van der Waals surface area contributed by atoms with Crippen molar-refractivity contribution in [3.05, 3.63) is 42.5 Å². The first-order chi connectivity index (χ1) is 14.6. The van der Waals surface area contributed by atoms with Crippen LogP contribution >= 0.6 is 7.60 Å². The van der Waals surface area contributed by atoms with Gasteiger partial charge in [0.05, 0.1) is 18.5 Å². The summed E-state index contributed by atoms with van der Waals surface area (Å²) in [6, 6.07) is 6.87. The third kappa shape index (κ3) is 10.2. The molecule has 170 valence electrons. The van der Waals surface area contributed by atoms with Crippen molar-refractivity contribution >= 4 is 18.7 Å². The van der Waals surface area contributed by atoms with Crippen molar-refractivity contribution in [1.29, 1.82) is 0 Å². The maximum atomic E-state index is 13.7. The molecule has 0 amide bonds. The van der Waals surface area contributed by atoms with Crippen molar-refractivity contribution < 1.29 is 18.4 Å². The van der Waals surface area contributed by atoms with Gasteiger partial charge < -0.3 is 9.05 Å². The van der Waals surface area contributed by atoms with Gasteiger partial charge in [0.15, 0.2) is 5.78 Å². The largest absolute Gasteiger partial charge is 0.362 e. The summed E-state index contributed by atoms with van der Waals surface area (Å²) >= 11 is 0. The highest BCUT2D eigenvalue weighted by Gasteiger charge is 2.31. The molecule has 5 heteroatoms. The highest BCUT2D eigenvalue weighted by Crippen LogP contribution is 2.48. The highest BCUT2D eigenvalue weighted by atomic mass is 31.2. The minimum absolute atomic E-state index is 0.267. The van der Waals surface area contributed by atoms with Crippen LogP contribution in [0.4, 0.5) is 0 Å². The smallest absolute Gasteiger partial charge is 0.305 e. The molecule has 0 aliphatic heterocycles. The van der Waals surface area contributed by atoms with E-state index in [0.717, 1.165) is 38.5 Å². The second-order valence-electron chi connectivity index (χ2n) is 7.78. The first-order valence-electron chi connectivity index (χ1n) is 11.7. The Morgan fingerprint density at radius 3 is 1.80 bits per heavy atom. The van der Waals surface area contributed by atoms with Gasteiger partial charge >= 0.3 is 7.60 Å². The van der Waals surface area contributed by atoms with Gasteiger partial charge in [0.2, 0.25) is 0 Å². The molecule has 4 nitrogen and oxygen atoms in total. The Balaban J connectivity index is 2.73. The van der Waals surface area contributed by atoms with Crippen molar-refractivity contribution in [2.24, 2.45) is 0 Å². The molecule has 0 spiro atoms. The summed E-state index contributed by atoms with van der Waals surface area (Å²) in [7, 11) is -3.57. The summed E-state index contributed by atoms with van der Waals surface area (Å²) in [5, 5.41) is 0.354. The Hall–Kier alpha value is -1.22. The van der Waals surface area contributed by atoms with E-state index in [-0.39, 0.29) is 5.78 Å². The molecule has 0 heterocycles. The van der Waals surface area contributed by atoms with Crippen LogP contribution in [0.1, 0.15) is 101 Å². The minimum atomic E-state index is -3.57. The van der Waals surface area contributed by atoms with Crippen LogP contribution in [0.25, 0.3) is 0 Å². The van der Waals surface area contributed by atoms with Gasteiger partial charge in [-0.2, -0.15) is 0 Å². The molecular formula is C25H41O4P. The van der Waals surface area contributed by atoms with Crippen LogP contribution in [0.2, 0.25) is 0 Å². The monoisotopic (exact) mass is 436 g/mol. The molecule has 0 radical (unpaired) electrons. The number of rotatable bonds is 19. The first kappa shape index (κ1) is 26.8. The van der Waals surface area contributed by atoms with Crippen molar-refractivity contribution in [3.8, 4) is 0 Å². The number of carbonyl (C=O) groups is 1. The second-order valence-corrected chi connectivity index (χ2v) is 9.78. The second kappa shape index (κ2) is 16.5. The summed E-state index contributed by atoms with van der Waals surface area (Å²) in [5.74, 6) is -0.267. The fraction of sp³-hybridized carbons (Fsp3) is 0.640. The molecule has 1 rings (SSSR count). The van der Waals surface area contributed by atoms with Crippen LogP contribution in [-0.4, -0.2) is 19.0 Å². The predicted molar refractivity (Wildman–Crippen MR) is 127 cm³/mol. The lowest BCUT2D eigenvalue weighted by Gasteiger charge is -2.21. The zero-order chi connectivity index (χ0) is 22.1. The van der Waals surface area contributed by atoms with Gasteiger partial charge in [-0.25, -0.2) is 0 Å². The van der Waals surface area contributed by atoms with Crippen LogP contribution in [0, 0.1) is 0 Å². The average Bonchev–Trinajstić information content (AvgIpc) is 2.77. The van der Waals surface area contributed by atoms with Crippen molar-refractivity contribution in [2.45, 2.75) is 90.9 Å². The normalized spacial score (nSPS) is 11.5. The number of hydrogen-bond donors (Lipinski definition) is 0. The lowest BCUT2D eigenvalue weighted by Crippen LogP contribution is -2.19. The Kier molecular flexibility index (Phi) is 14.7. The summed E-state index contributed by atoms with van der Waals surface area (Å²) in [4.78, 5) is 12.3. The first-order valence-corrected chi connectivity index (χ1v) is 13.3. The maximum absolute atomic E-state index is 13.7. The average molecular weight is 437 g/mol. The van der Waals surface area contributed by atoms with Crippen molar-refractivity contribution in [1.82, 2.24) is 0 Å². The van der Waals surface area contributed by atoms with Crippen LogP contribution in [0.3, 0.4) is 0 Å². The summed E-state index contributed by atoms with van der Waals surface area (Å²) in [6.45, 7) is 8.70. The molecule has 0 aliphatic carbocycles. The lowest BCUT2D eigenvalue weighted by atomic mass is 10.1. The lowest BCUT2D eigenvalue weighted by molar-refractivity contribution is 0.104. The van der Waals surface area contributed by atoms with Crippen molar-refractivity contribution in [2.75, 3.05) is 13.2 Å². The number of allylic oxidation sites excluding steroid dienone is 1. The fourth-order valence-electron chi connectivity index (χ4n) is 3.34. The number of carbonyl (C=O) groups excluding carboxylic acids is 1. The predicted octanol–water partition coefficient (Wildman–Crippen LogP) is 7.63. The number of unbranched alkanes of at least 4 members (excludes halogenated alkanes) is 10. The van der Waals surface area contributed by atoms with E-state index in [1.54, 1.807) is 24.3 Å². The maximum Gasteiger partial charge on any atom is 0.362 e. The Bertz CT molecular complexity index is 634. The third-order valence-electron chi connectivity index (χ3n) is 5.17. The Morgan fingerprint density at radius 2 is 1.30 bits per heavy atom. The van der Waals surface area contributed by atoms with Gasteiger partial charge in [-0.05, 0) is 25.0 Å². The molecule has 0 aliphatic rings. The molecular weight excluding hydrogens is 395 g/mol. The molecule has 1 aromatic rings. The van der Waals surface area contributed by atoms with E-state index in [1.807, 2.05) is 0 Å². The molecule has 0 fully saturated rings. The van der Waals surface area contributed by atoms with E-state index in [1.165, 1.54) is 44.6 Å². The zero-order valence-electron chi connectivity index (χ0n) is 19.1. The van der Waals surface area contributed by atoms with Crippen LogP contribution < -0.4 is 5.30 Å². The van der Waals surface area contributed by atoms with Gasteiger partial charge in [-0.3, -0.25) is 9.36 Å². The van der Waals surface area contributed by atoms with Gasteiger partial charge in [-0.1, -0.05) is 103 Å². The molecule has 0 saturated heterocycles. The summed E-state index contributed by atoms with van der Waals surface area (Å²) in [6.07, 6.45) is 14.7. The van der Waals surface area contributed by atoms with Crippen molar-refractivity contribution in [3.63, 3.8) is 0 Å². The van der Waals surface area contributed by atoms with E-state index < -0.39 is 7.60 Å². The van der Waals surface area contributed by atoms with Gasteiger partial charge in [0.25, 0.3) is 0 Å². The van der Waals surface area contributed by atoms with Crippen LogP contribution in [0.5, 0.6) is 0 Å². The molecule has 0 bridgehead atoms. The number of ketones is 1. The SMILES string of the molecule is C=CC(=O)c1ccccc1P(=O)(OCCCCCCCC)OCCCCCCCC. The summed E-state index contributed by atoms with van der Waals surface area (Å²) < 4.78 is 25.4. The Morgan fingerprint density at radius 1 is 0.833 bits per heavy atom. The Labute approximate surface area is 184 Å².